The lowest BCUT2D eigenvalue weighted by Crippen LogP contribution is -2.48. The lowest BCUT2D eigenvalue weighted by atomic mass is 10.3. The van der Waals surface area contributed by atoms with Gasteiger partial charge in [0.25, 0.3) is 0 Å². The van der Waals surface area contributed by atoms with Crippen LogP contribution in [0.3, 0.4) is 0 Å². The van der Waals surface area contributed by atoms with Gasteiger partial charge in [-0.05, 0) is 27.1 Å². The van der Waals surface area contributed by atoms with Crippen molar-refractivity contribution in [1.29, 1.82) is 0 Å². The minimum absolute atomic E-state index is 1.10. The van der Waals surface area contributed by atoms with Crippen LogP contribution in [0.2, 0.25) is 0 Å². The van der Waals surface area contributed by atoms with Crippen LogP contribution in [0.4, 0.5) is 0 Å². The smallest absolute Gasteiger partial charge is 0.0912 e. The Hall–Kier alpha value is -0.120. The quantitative estimate of drug-likeness (QED) is 0.581. The molecule has 0 aliphatic rings. The van der Waals surface area contributed by atoms with Crippen LogP contribution >= 0.6 is 0 Å². The minimum Gasteiger partial charge on any atom is -0.326 e. The van der Waals surface area contributed by atoms with Gasteiger partial charge < -0.3 is 14.7 Å². The van der Waals surface area contributed by atoms with E-state index in [1.807, 2.05) is 7.05 Å². The van der Waals surface area contributed by atoms with Crippen molar-refractivity contribution in [1.82, 2.24) is 10.2 Å². The maximum atomic E-state index is 3.21. The van der Waals surface area contributed by atoms with Crippen molar-refractivity contribution >= 4 is 0 Å². The molecule has 0 atom stereocenters. The molecular weight excluding hydrogens is 174 g/mol. The lowest BCUT2D eigenvalue weighted by Gasteiger charge is -2.31. The van der Waals surface area contributed by atoms with Gasteiger partial charge in [-0.1, -0.05) is 6.92 Å². The standard InChI is InChI=1S/C11H28N3/c1-6-8-13(3)9-11-14(4,5)10-7-12-2/h12H,6-11H2,1-5H3/q+1. The number of nitrogens with one attached hydrogen (secondary N) is 1. The summed E-state index contributed by atoms with van der Waals surface area (Å²) in [5.74, 6) is 0. The molecule has 0 heterocycles. The highest BCUT2D eigenvalue weighted by atomic mass is 15.3. The summed E-state index contributed by atoms with van der Waals surface area (Å²) in [7, 11) is 8.83. The van der Waals surface area contributed by atoms with Crippen molar-refractivity contribution in [3.8, 4) is 0 Å². The van der Waals surface area contributed by atoms with Crippen LogP contribution in [0.25, 0.3) is 0 Å². The number of rotatable bonds is 8. The molecule has 0 aromatic rings. The third kappa shape index (κ3) is 7.30. The van der Waals surface area contributed by atoms with E-state index in [0.717, 1.165) is 11.0 Å². The Bertz CT molecular complexity index is 134. The molecule has 0 saturated heterocycles. The summed E-state index contributed by atoms with van der Waals surface area (Å²) in [6.07, 6.45) is 1.25. The van der Waals surface area contributed by atoms with Gasteiger partial charge in [-0.15, -0.1) is 0 Å². The van der Waals surface area contributed by atoms with Crippen molar-refractivity contribution in [2.24, 2.45) is 0 Å². The van der Waals surface area contributed by atoms with Crippen molar-refractivity contribution in [2.75, 3.05) is 60.9 Å². The van der Waals surface area contributed by atoms with E-state index in [1.54, 1.807) is 0 Å². The number of nitrogens with zero attached hydrogens (tertiary/aromatic N) is 2. The first-order valence-electron chi connectivity index (χ1n) is 5.67. The van der Waals surface area contributed by atoms with Crippen LogP contribution in [0.1, 0.15) is 13.3 Å². The average Bonchev–Trinajstić information content (AvgIpc) is 2.13. The van der Waals surface area contributed by atoms with Crippen LogP contribution in [0, 0.1) is 0 Å². The normalized spacial score (nSPS) is 12.4. The second kappa shape index (κ2) is 7.21. The van der Waals surface area contributed by atoms with Crippen molar-refractivity contribution in [3.63, 3.8) is 0 Å². The predicted octanol–water partition coefficient (Wildman–Crippen LogP) is 0.624. The molecule has 0 rings (SSSR count). The fourth-order valence-corrected chi connectivity index (χ4v) is 1.46. The maximum Gasteiger partial charge on any atom is 0.0912 e. The Balaban J connectivity index is 3.63. The minimum atomic E-state index is 1.10. The number of quaternary nitrogens is 1. The average molecular weight is 202 g/mol. The molecule has 0 aromatic carbocycles. The fourth-order valence-electron chi connectivity index (χ4n) is 1.46. The van der Waals surface area contributed by atoms with E-state index in [1.165, 1.54) is 32.6 Å². The molecule has 3 heteroatoms. The Morgan fingerprint density at radius 2 is 1.79 bits per heavy atom. The first-order chi connectivity index (χ1) is 6.52. The number of likely N-dealkylation sites (N-methyl/N-ethyl adjacent to an activating group) is 3. The van der Waals surface area contributed by atoms with E-state index in [0.29, 0.717) is 0 Å². The topological polar surface area (TPSA) is 15.3 Å². The summed E-state index contributed by atoms with van der Waals surface area (Å²) in [5, 5.41) is 3.21. The van der Waals surface area contributed by atoms with E-state index in [2.05, 4.69) is 38.3 Å². The van der Waals surface area contributed by atoms with Crippen molar-refractivity contribution in [3.05, 3.63) is 0 Å². The van der Waals surface area contributed by atoms with Gasteiger partial charge in [0.15, 0.2) is 0 Å². The van der Waals surface area contributed by atoms with Gasteiger partial charge >= 0.3 is 0 Å². The van der Waals surface area contributed by atoms with Gasteiger partial charge in [-0.25, -0.2) is 0 Å². The molecule has 0 aliphatic carbocycles. The van der Waals surface area contributed by atoms with Crippen molar-refractivity contribution < 1.29 is 4.48 Å². The van der Waals surface area contributed by atoms with E-state index < -0.39 is 0 Å². The summed E-state index contributed by atoms with van der Waals surface area (Å²) < 4.78 is 1.11. The van der Waals surface area contributed by atoms with Crippen LogP contribution < -0.4 is 5.32 Å². The summed E-state index contributed by atoms with van der Waals surface area (Å²) >= 11 is 0. The number of hydrogen-bond donors (Lipinski definition) is 1. The third-order valence-corrected chi connectivity index (χ3v) is 2.66. The summed E-state index contributed by atoms with van der Waals surface area (Å²) in [6.45, 7) is 8.19. The molecule has 14 heavy (non-hydrogen) atoms. The van der Waals surface area contributed by atoms with Gasteiger partial charge in [0.1, 0.15) is 0 Å². The molecule has 3 nitrogen and oxygen atoms in total. The first-order valence-corrected chi connectivity index (χ1v) is 5.67. The zero-order valence-electron chi connectivity index (χ0n) is 10.6. The molecular formula is C11H28N3+. The van der Waals surface area contributed by atoms with Crippen LogP contribution in [0.15, 0.2) is 0 Å². The predicted molar refractivity (Wildman–Crippen MR) is 63.6 cm³/mol. The molecule has 0 unspecified atom stereocenters. The first kappa shape index (κ1) is 13.9. The van der Waals surface area contributed by atoms with Gasteiger partial charge in [-0.2, -0.15) is 0 Å². The van der Waals surface area contributed by atoms with Gasteiger partial charge in [0, 0.05) is 13.1 Å². The molecule has 0 amide bonds. The second-order valence-corrected chi connectivity index (χ2v) is 4.79. The van der Waals surface area contributed by atoms with E-state index in [9.17, 15) is 0 Å². The lowest BCUT2D eigenvalue weighted by molar-refractivity contribution is -0.888. The molecule has 0 fully saturated rings. The number of hydrogen-bond acceptors (Lipinski definition) is 2. The van der Waals surface area contributed by atoms with Crippen LogP contribution in [-0.2, 0) is 0 Å². The molecule has 0 saturated carbocycles. The molecule has 0 aliphatic heterocycles. The van der Waals surface area contributed by atoms with Gasteiger partial charge in [0.05, 0.1) is 27.2 Å². The van der Waals surface area contributed by atoms with Crippen LogP contribution in [0.5, 0.6) is 0 Å². The van der Waals surface area contributed by atoms with E-state index in [4.69, 9.17) is 0 Å². The highest BCUT2D eigenvalue weighted by Gasteiger charge is 2.14. The largest absolute Gasteiger partial charge is 0.326 e. The zero-order chi connectivity index (χ0) is 11.0. The Morgan fingerprint density at radius 3 is 2.29 bits per heavy atom. The summed E-state index contributed by atoms with van der Waals surface area (Å²) in [5.41, 5.74) is 0. The van der Waals surface area contributed by atoms with Gasteiger partial charge in [-0.3, -0.25) is 0 Å². The fraction of sp³-hybridized carbons (Fsp3) is 1.00. The highest BCUT2D eigenvalue weighted by molar-refractivity contribution is 4.49. The molecule has 0 spiro atoms. The Labute approximate surface area is 89.7 Å². The van der Waals surface area contributed by atoms with E-state index >= 15 is 0 Å². The van der Waals surface area contributed by atoms with E-state index in [-0.39, 0.29) is 0 Å². The molecule has 0 radical (unpaired) electrons. The summed E-state index contributed by atoms with van der Waals surface area (Å²) in [4.78, 5) is 2.42. The monoisotopic (exact) mass is 202 g/mol. The summed E-state index contributed by atoms with van der Waals surface area (Å²) in [6, 6.07) is 0. The molecule has 86 valence electrons. The Kier molecular flexibility index (Phi) is 7.15. The SMILES string of the molecule is CCCN(C)CC[N+](C)(C)CCNC. The second-order valence-electron chi connectivity index (χ2n) is 4.79. The molecule has 0 aromatic heterocycles. The zero-order valence-corrected chi connectivity index (χ0v) is 10.6. The van der Waals surface area contributed by atoms with Gasteiger partial charge in [0.2, 0.25) is 0 Å². The van der Waals surface area contributed by atoms with Crippen molar-refractivity contribution in [2.45, 2.75) is 13.3 Å². The third-order valence-electron chi connectivity index (χ3n) is 2.66. The Morgan fingerprint density at radius 1 is 1.14 bits per heavy atom. The molecule has 0 bridgehead atoms. The molecule has 1 N–H and O–H groups in total. The maximum absolute atomic E-state index is 3.21. The van der Waals surface area contributed by atoms with Crippen LogP contribution in [-0.4, -0.2) is 70.3 Å². The highest BCUT2D eigenvalue weighted by Crippen LogP contribution is 1.97.